The van der Waals surface area contributed by atoms with Gasteiger partial charge in [-0.15, -0.1) is 11.3 Å². The van der Waals surface area contributed by atoms with Crippen molar-refractivity contribution in [1.82, 2.24) is 0 Å². The Kier molecular flexibility index (Phi) is 3.79. The van der Waals surface area contributed by atoms with Gasteiger partial charge >= 0.3 is 0 Å². The van der Waals surface area contributed by atoms with Gasteiger partial charge in [0.1, 0.15) is 5.78 Å². The van der Waals surface area contributed by atoms with Crippen LogP contribution in [-0.2, 0) is 11.2 Å². The van der Waals surface area contributed by atoms with Crippen molar-refractivity contribution in [2.45, 2.75) is 31.6 Å². The molecule has 1 heterocycles. The van der Waals surface area contributed by atoms with Crippen LogP contribution in [0.3, 0.4) is 0 Å². The van der Waals surface area contributed by atoms with Gasteiger partial charge in [-0.1, -0.05) is 36.4 Å². The van der Waals surface area contributed by atoms with E-state index in [1.165, 1.54) is 10.4 Å². The average molecular weight is 270 g/mol. The molecule has 2 unspecified atom stereocenters. The number of Topliss-reactive ketones (excluding diaryl/α,β-unsaturated/α-hetero) is 1. The van der Waals surface area contributed by atoms with Gasteiger partial charge in [-0.25, -0.2) is 0 Å². The van der Waals surface area contributed by atoms with Crippen LogP contribution < -0.4 is 0 Å². The highest BCUT2D eigenvalue weighted by molar-refractivity contribution is 7.09. The fraction of sp³-hybridized carbons (Fsp3) is 0.353. The monoisotopic (exact) mass is 270 g/mol. The van der Waals surface area contributed by atoms with Crippen molar-refractivity contribution in [2.75, 3.05) is 0 Å². The van der Waals surface area contributed by atoms with Crippen LogP contribution in [0.15, 0.2) is 47.8 Å². The summed E-state index contributed by atoms with van der Waals surface area (Å²) in [6.45, 7) is 0. The van der Waals surface area contributed by atoms with Gasteiger partial charge in [-0.2, -0.15) is 0 Å². The fourth-order valence-corrected chi connectivity index (χ4v) is 3.80. The van der Waals surface area contributed by atoms with Crippen molar-refractivity contribution in [3.8, 4) is 0 Å². The van der Waals surface area contributed by atoms with Gasteiger partial charge in [0.25, 0.3) is 0 Å². The Bertz CT molecular complexity index is 530. The minimum absolute atomic E-state index is 0.220. The molecule has 1 aromatic heterocycles. The topological polar surface area (TPSA) is 17.1 Å². The standard InChI is InChI=1S/C17H18OS/c18-17-9-8-14(13-5-2-1-3-6-13)11-15(17)12-16-7-4-10-19-16/h1-7,10,14-15H,8-9,11-12H2. The maximum Gasteiger partial charge on any atom is 0.136 e. The summed E-state index contributed by atoms with van der Waals surface area (Å²) >= 11 is 1.76. The number of rotatable bonds is 3. The zero-order chi connectivity index (χ0) is 13.1. The quantitative estimate of drug-likeness (QED) is 0.805. The van der Waals surface area contributed by atoms with Gasteiger partial charge in [0.15, 0.2) is 0 Å². The third-order valence-electron chi connectivity index (χ3n) is 4.06. The van der Waals surface area contributed by atoms with E-state index >= 15 is 0 Å². The first-order chi connectivity index (χ1) is 9.33. The van der Waals surface area contributed by atoms with Crippen LogP contribution in [0.25, 0.3) is 0 Å². The molecule has 1 aliphatic carbocycles. The van der Waals surface area contributed by atoms with Crippen molar-refractivity contribution in [2.24, 2.45) is 5.92 Å². The van der Waals surface area contributed by atoms with E-state index in [-0.39, 0.29) is 5.92 Å². The SMILES string of the molecule is O=C1CCC(c2ccccc2)CC1Cc1cccs1. The van der Waals surface area contributed by atoms with E-state index in [1.807, 2.05) is 0 Å². The van der Waals surface area contributed by atoms with Crippen LogP contribution in [0.2, 0.25) is 0 Å². The average Bonchev–Trinajstić information content (AvgIpc) is 2.95. The summed E-state index contributed by atoms with van der Waals surface area (Å²) in [4.78, 5) is 13.4. The molecule has 0 amide bonds. The second-order valence-electron chi connectivity index (χ2n) is 5.33. The minimum Gasteiger partial charge on any atom is -0.299 e. The summed E-state index contributed by atoms with van der Waals surface area (Å²) in [5, 5.41) is 2.09. The van der Waals surface area contributed by atoms with Gasteiger partial charge in [0.05, 0.1) is 0 Å². The zero-order valence-corrected chi connectivity index (χ0v) is 11.7. The summed E-state index contributed by atoms with van der Waals surface area (Å²) < 4.78 is 0. The molecule has 19 heavy (non-hydrogen) atoms. The van der Waals surface area contributed by atoms with E-state index in [0.29, 0.717) is 11.7 Å². The number of ketones is 1. The maximum atomic E-state index is 12.1. The van der Waals surface area contributed by atoms with Crippen molar-refractivity contribution < 1.29 is 4.79 Å². The van der Waals surface area contributed by atoms with Crippen molar-refractivity contribution >= 4 is 17.1 Å². The molecule has 1 aromatic carbocycles. The Morgan fingerprint density at radius 2 is 1.95 bits per heavy atom. The summed E-state index contributed by atoms with van der Waals surface area (Å²) in [7, 11) is 0. The second kappa shape index (κ2) is 5.70. The minimum atomic E-state index is 0.220. The highest BCUT2D eigenvalue weighted by Crippen LogP contribution is 2.36. The Hall–Kier alpha value is -1.41. The molecule has 0 aliphatic heterocycles. The van der Waals surface area contributed by atoms with Gasteiger partial charge < -0.3 is 0 Å². The van der Waals surface area contributed by atoms with E-state index in [1.54, 1.807) is 11.3 Å². The number of thiophene rings is 1. The lowest BCUT2D eigenvalue weighted by atomic mass is 9.76. The molecule has 0 N–H and O–H groups in total. The number of benzene rings is 1. The Morgan fingerprint density at radius 1 is 1.11 bits per heavy atom. The molecule has 0 radical (unpaired) electrons. The van der Waals surface area contributed by atoms with Crippen LogP contribution in [0, 0.1) is 5.92 Å². The normalized spacial score (nSPS) is 23.5. The number of carbonyl (C=O) groups excluding carboxylic acids is 1. The molecule has 0 spiro atoms. The third kappa shape index (κ3) is 2.95. The molecular weight excluding hydrogens is 252 g/mol. The van der Waals surface area contributed by atoms with Crippen LogP contribution in [0.5, 0.6) is 0 Å². The van der Waals surface area contributed by atoms with Gasteiger partial charge in [0, 0.05) is 17.2 Å². The van der Waals surface area contributed by atoms with Crippen LogP contribution in [-0.4, -0.2) is 5.78 Å². The summed E-state index contributed by atoms with van der Waals surface area (Å²) in [5.74, 6) is 1.24. The molecule has 1 fully saturated rings. The molecule has 1 nitrogen and oxygen atoms in total. The molecule has 2 aromatic rings. The predicted octanol–water partition coefficient (Wildman–Crippen LogP) is 4.44. The maximum absolute atomic E-state index is 12.1. The van der Waals surface area contributed by atoms with E-state index in [4.69, 9.17) is 0 Å². The fourth-order valence-electron chi connectivity index (χ4n) is 3.01. The largest absolute Gasteiger partial charge is 0.299 e. The molecule has 2 atom stereocenters. The van der Waals surface area contributed by atoms with Crippen molar-refractivity contribution in [1.29, 1.82) is 0 Å². The first-order valence-corrected chi connectivity index (χ1v) is 7.81. The van der Waals surface area contributed by atoms with Gasteiger partial charge in [0.2, 0.25) is 0 Å². The van der Waals surface area contributed by atoms with E-state index < -0.39 is 0 Å². The first-order valence-electron chi connectivity index (χ1n) is 6.93. The van der Waals surface area contributed by atoms with Crippen LogP contribution >= 0.6 is 11.3 Å². The van der Waals surface area contributed by atoms with E-state index in [2.05, 4.69) is 47.8 Å². The molecule has 2 heteroatoms. The third-order valence-corrected chi connectivity index (χ3v) is 4.96. The highest BCUT2D eigenvalue weighted by atomic mass is 32.1. The molecule has 1 saturated carbocycles. The van der Waals surface area contributed by atoms with Gasteiger partial charge in [-0.3, -0.25) is 4.79 Å². The van der Waals surface area contributed by atoms with Crippen LogP contribution in [0.4, 0.5) is 0 Å². The van der Waals surface area contributed by atoms with E-state index in [0.717, 1.165) is 25.7 Å². The predicted molar refractivity (Wildman–Crippen MR) is 79.6 cm³/mol. The number of carbonyl (C=O) groups is 1. The summed E-state index contributed by atoms with van der Waals surface area (Å²) in [5.41, 5.74) is 1.39. The molecule has 98 valence electrons. The molecule has 1 aliphatic rings. The Balaban J connectivity index is 1.72. The summed E-state index contributed by atoms with van der Waals surface area (Å²) in [6.07, 6.45) is 3.71. The molecule has 3 rings (SSSR count). The second-order valence-corrected chi connectivity index (χ2v) is 6.36. The highest BCUT2D eigenvalue weighted by Gasteiger charge is 2.29. The molecule has 0 saturated heterocycles. The molecular formula is C17H18OS. The van der Waals surface area contributed by atoms with Crippen molar-refractivity contribution in [3.63, 3.8) is 0 Å². The lowest BCUT2D eigenvalue weighted by Crippen LogP contribution is -2.25. The lowest BCUT2D eigenvalue weighted by Gasteiger charge is -2.28. The van der Waals surface area contributed by atoms with E-state index in [9.17, 15) is 4.79 Å². The van der Waals surface area contributed by atoms with Gasteiger partial charge in [-0.05, 0) is 42.2 Å². The number of hydrogen-bond donors (Lipinski definition) is 0. The van der Waals surface area contributed by atoms with Crippen LogP contribution in [0.1, 0.15) is 35.6 Å². The number of hydrogen-bond acceptors (Lipinski definition) is 2. The molecule has 0 bridgehead atoms. The smallest absolute Gasteiger partial charge is 0.136 e. The first kappa shape index (κ1) is 12.6. The Labute approximate surface area is 118 Å². The zero-order valence-electron chi connectivity index (χ0n) is 10.9. The van der Waals surface area contributed by atoms with Crippen molar-refractivity contribution in [3.05, 3.63) is 58.3 Å². The summed E-state index contributed by atoms with van der Waals surface area (Å²) in [6, 6.07) is 14.9. The lowest BCUT2D eigenvalue weighted by molar-refractivity contribution is -0.124. The Morgan fingerprint density at radius 3 is 2.68 bits per heavy atom.